The smallest absolute Gasteiger partial charge is 0.261 e. The van der Waals surface area contributed by atoms with E-state index in [9.17, 15) is 14.4 Å². The Balaban J connectivity index is 1.74. The molecule has 1 N–H and O–H groups in total. The normalized spacial score (nSPS) is 21.0. The Bertz CT molecular complexity index is 725. The van der Waals surface area contributed by atoms with Gasteiger partial charge in [-0.3, -0.25) is 14.4 Å². The van der Waals surface area contributed by atoms with E-state index in [1.54, 1.807) is 6.07 Å². The number of carbonyl (C=O) groups excluding carboxylic acids is 2. The van der Waals surface area contributed by atoms with Gasteiger partial charge in [-0.1, -0.05) is 0 Å². The summed E-state index contributed by atoms with van der Waals surface area (Å²) in [4.78, 5) is 43.5. The lowest BCUT2D eigenvalue weighted by Crippen LogP contribution is -2.46. The second-order valence-corrected chi connectivity index (χ2v) is 7.24. The molecule has 3 heterocycles. The zero-order valence-electron chi connectivity index (χ0n) is 15.1. The Hall–Kier alpha value is -2.11. The van der Waals surface area contributed by atoms with Gasteiger partial charge in [0.2, 0.25) is 5.91 Å². The maximum atomic E-state index is 13.0. The van der Waals surface area contributed by atoms with Crippen molar-refractivity contribution in [3.8, 4) is 0 Å². The van der Waals surface area contributed by atoms with Crippen LogP contribution in [-0.4, -0.2) is 52.3 Å². The van der Waals surface area contributed by atoms with Crippen molar-refractivity contribution in [2.24, 2.45) is 0 Å². The predicted octanol–water partition coefficient (Wildman–Crippen LogP) is 2.00. The molecule has 0 aliphatic carbocycles. The lowest BCUT2D eigenvalue weighted by molar-refractivity contribution is -0.127. The zero-order chi connectivity index (χ0) is 18.0. The number of hydrogen-bond acceptors (Lipinski definition) is 3. The topological polar surface area (TPSA) is 73.5 Å². The van der Waals surface area contributed by atoms with Crippen LogP contribution in [0.5, 0.6) is 0 Å². The molecule has 2 amide bonds. The average Bonchev–Trinajstić information content (AvgIpc) is 3.01. The summed E-state index contributed by atoms with van der Waals surface area (Å²) < 4.78 is 0. The average molecular weight is 345 g/mol. The van der Waals surface area contributed by atoms with Crippen LogP contribution in [0, 0.1) is 13.8 Å². The van der Waals surface area contributed by atoms with Crippen LogP contribution in [-0.2, 0) is 4.79 Å². The van der Waals surface area contributed by atoms with Gasteiger partial charge in [-0.2, -0.15) is 0 Å². The van der Waals surface area contributed by atoms with E-state index >= 15 is 0 Å². The highest BCUT2D eigenvalue weighted by Crippen LogP contribution is 2.23. The molecule has 1 unspecified atom stereocenters. The Morgan fingerprint density at radius 1 is 1.20 bits per heavy atom. The van der Waals surface area contributed by atoms with E-state index in [4.69, 9.17) is 0 Å². The van der Waals surface area contributed by atoms with Crippen LogP contribution in [0.4, 0.5) is 0 Å². The van der Waals surface area contributed by atoms with E-state index in [1.165, 1.54) is 0 Å². The molecule has 3 rings (SSSR count). The Morgan fingerprint density at radius 2 is 2.00 bits per heavy atom. The van der Waals surface area contributed by atoms with Crippen molar-refractivity contribution >= 4 is 11.8 Å². The number of amides is 2. The number of aromatic nitrogens is 1. The number of aromatic amines is 1. The number of aryl methyl sites for hydroxylation is 2. The van der Waals surface area contributed by atoms with E-state index in [0.29, 0.717) is 19.5 Å². The highest BCUT2D eigenvalue weighted by molar-refractivity contribution is 5.94. The highest BCUT2D eigenvalue weighted by Gasteiger charge is 2.30. The van der Waals surface area contributed by atoms with Crippen molar-refractivity contribution in [2.75, 3.05) is 19.6 Å². The quantitative estimate of drug-likeness (QED) is 0.907. The van der Waals surface area contributed by atoms with Gasteiger partial charge in [0.05, 0.1) is 0 Å². The standard InChI is InChI=1S/C19H27N3O3/c1-13-12-16(18(24)20-14(13)2)19(25)22-10-4-3-6-15(22)8-11-21-9-5-7-17(21)23/h12,15H,3-11H2,1-2H3,(H,20,24). The van der Waals surface area contributed by atoms with Gasteiger partial charge >= 0.3 is 0 Å². The number of H-pyrrole nitrogens is 1. The summed E-state index contributed by atoms with van der Waals surface area (Å²) in [5, 5.41) is 0. The summed E-state index contributed by atoms with van der Waals surface area (Å²) in [5.74, 6) is 0.0427. The molecule has 136 valence electrons. The van der Waals surface area contributed by atoms with Crippen molar-refractivity contribution in [1.29, 1.82) is 0 Å². The molecular weight excluding hydrogens is 318 g/mol. The summed E-state index contributed by atoms with van der Waals surface area (Å²) in [6.07, 6.45) is 5.37. The molecule has 6 heteroatoms. The zero-order valence-corrected chi connectivity index (χ0v) is 15.1. The van der Waals surface area contributed by atoms with Crippen LogP contribution >= 0.6 is 0 Å². The van der Waals surface area contributed by atoms with E-state index in [-0.39, 0.29) is 29.0 Å². The second-order valence-electron chi connectivity index (χ2n) is 7.24. The molecule has 1 aromatic heterocycles. The molecular formula is C19H27N3O3. The van der Waals surface area contributed by atoms with E-state index in [0.717, 1.165) is 49.9 Å². The van der Waals surface area contributed by atoms with Gasteiger partial charge < -0.3 is 14.8 Å². The molecule has 0 bridgehead atoms. The first-order valence-corrected chi connectivity index (χ1v) is 9.26. The summed E-state index contributed by atoms with van der Waals surface area (Å²) in [5.41, 5.74) is 1.63. The van der Waals surface area contributed by atoms with Crippen LogP contribution in [0.1, 0.15) is 60.1 Å². The molecule has 0 saturated carbocycles. The molecule has 2 aliphatic rings. The molecule has 2 saturated heterocycles. The Morgan fingerprint density at radius 3 is 2.72 bits per heavy atom. The Labute approximate surface area is 148 Å². The number of rotatable bonds is 4. The van der Waals surface area contributed by atoms with E-state index in [1.807, 2.05) is 23.6 Å². The fourth-order valence-electron chi connectivity index (χ4n) is 3.85. The molecule has 0 spiro atoms. The van der Waals surface area contributed by atoms with Crippen molar-refractivity contribution in [2.45, 2.75) is 58.4 Å². The molecule has 25 heavy (non-hydrogen) atoms. The number of nitrogens with one attached hydrogen (secondary N) is 1. The molecule has 1 atom stereocenters. The van der Waals surface area contributed by atoms with Crippen molar-refractivity contribution in [3.63, 3.8) is 0 Å². The minimum Gasteiger partial charge on any atom is -0.343 e. The number of piperidine rings is 1. The third-order valence-corrected chi connectivity index (χ3v) is 5.52. The fraction of sp³-hybridized carbons (Fsp3) is 0.632. The van der Waals surface area contributed by atoms with Crippen LogP contribution in [0.3, 0.4) is 0 Å². The molecule has 2 fully saturated rings. The summed E-state index contributed by atoms with van der Waals surface area (Å²) in [6.45, 7) is 5.95. The first-order chi connectivity index (χ1) is 12.0. The maximum absolute atomic E-state index is 13.0. The third kappa shape index (κ3) is 3.78. The lowest BCUT2D eigenvalue weighted by Gasteiger charge is -2.36. The van der Waals surface area contributed by atoms with Gasteiger partial charge in [0.25, 0.3) is 11.5 Å². The number of pyridine rings is 1. The summed E-state index contributed by atoms with van der Waals surface area (Å²) >= 11 is 0. The third-order valence-electron chi connectivity index (χ3n) is 5.52. The van der Waals surface area contributed by atoms with Crippen LogP contribution in [0.2, 0.25) is 0 Å². The summed E-state index contributed by atoms with van der Waals surface area (Å²) in [7, 11) is 0. The van der Waals surface area contributed by atoms with Gasteiger partial charge in [0.15, 0.2) is 0 Å². The van der Waals surface area contributed by atoms with Gasteiger partial charge in [-0.15, -0.1) is 0 Å². The van der Waals surface area contributed by atoms with Crippen LogP contribution < -0.4 is 5.56 Å². The van der Waals surface area contributed by atoms with E-state index in [2.05, 4.69) is 4.98 Å². The SMILES string of the molecule is Cc1cc(C(=O)N2CCCCC2CCN2CCCC2=O)c(=O)[nH]c1C. The van der Waals surface area contributed by atoms with Gasteiger partial charge in [0, 0.05) is 37.8 Å². The first-order valence-electron chi connectivity index (χ1n) is 9.26. The maximum Gasteiger partial charge on any atom is 0.261 e. The van der Waals surface area contributed by atoms with Gasteiger partial charge in [-0.05, 0) is 57.6 Å². The van der Waals surface area contributed by atoms with Crippen molar-refractivity contribution in [3.05, 3.63) is 33.2 Å². The highest BCUT2D eigenvalue weighted by atomic mass is 16.2. The monoisotopic (exact) mass is 345 g/mol. The predicted molar refractivity (Wildman–Crippen MR) is 95.6 cm³/mol. The minimum atomic E-state index is -0.313. The van der Waals surface area contributed by atoms with Crippen molar-refractivity contribution < 1.29 is 9.59 Å². The molecule has 0 radical (unpaired) electrons. The van der Waals surface area contributed by atoms with Gasteiger partial charge in [0.1, 0.15) is 5.56 Å². The Kier molecular flexibility index (Phi) is 5.25. The largest absolute Gasteiger partial charge is 0.343 e. The fourth-order valence-corrected chi connectivity index (χ4v) is 3.85. The lowest BCUT2D eigenvalue weighted by atomic mass is 9.97. The van der Waals surface area contributed by atoms with Gasteiger partial charge in [-0.25, -0.2) is 0 Å². The molecule has 1 aromatic rings. The number of likely N-dealkylation sites (tertiary alicyclic amines) is 2. The first kappa shape index (κ1) is 17.7. The number of hydrogen-bond donors (Lipinski definition) is 1. The molecule has 6 nitrogen and oxygen atoms in total. The molecule has 2 aliphatic heterocycles. The second kappa shape index (κ2) is 7.42. The van der Waals surface area contributed by atoms with Crippen molar-refractivity contribution in [1.82, 2.24) is 14.8 Å². The summed E-state index contributed by atoms with van der Waals surface area (Å²) in [6, 6.07) is 1.81. The number of carbonyl (C=O) groups is 2. The van der Waals surface area contributed by atoms with Crippen LogP contribution in [0.15, 0.2) is 10.9 Å². The minimum absolute atomic E-state index is 0.107. The number of nitrogens with zero attached hydrogens (tertiary/aromatic N) is 2. The molecule has 0 aromatic carbocycles. The van der Waals surface area contributed by atoms with Crippen LogP contribution in [0.25, 0.3) is 0 Å². The van der Waals surface area contributed by atoms with E-state index < -0.39 is 0 Å².